The Labute approximate surface area is 126 Å². The highest BCUT2D eigenvalue weighted by atomic mass is 32.1. The van der Waals surface area contributed by atoms with Crippen LogP contribution in [0.2, 0.25) is 0 Å². The van der Waals surface area contributed by atoms with Crippen molar-refractivity contribution in [2.45, 2.75) is 6.92 Å². The van der Waals surface area contributed by atoms with Gasteiger partial charge in [-0.05, 0) is 42.8 Å². The number of hydrogen-bond donors (Lipinski definition) is 3. The third-order valence-electron chi connectivity index (χ3n) is 2.97. The van der Waals surface area contributed by atoms with Crippen LogP contribution < -0.4 is 11.1 Å². The molecule has 21 heavy (non-hydrogen) atoms. The van der Waals surface area contributed by atoms with Gasteiger partial charge in [-0.25, -0.2) is 4.39 Å². The maximum absolute atomic E-state index is 13.2. The lowest BCUT2D eigenvalue weighted by Crippen LogP contribution is -2.18. The number of benzene rings is 2. The summed E-state index contributed by atoms with van der Waals surface area (Å²) in [6.07, 6.45) is 0. The summed E-state index contributed by atoms with van der Waals surface area (Å²) in [4.78, 5) is 12.1. The number of halogens is 1. The number of phenolic OH excluding ortho intramolecular Hbond substituents is 1. The molecule has 0 radical (unpaired) electrons. The number of rotatable bonds is 3. The number of aryl methyl sites for hydroxylation is 1. The van der Waals surface area contributed by atoms with E-state index in [1.165, 1.54) is 18.2 Å². The molecule has 0 saturated heterocycles. The second kappa shape index (κ2) is 5.88. The SMILES string of the molecule is Cc1ccc(C(=O)Nc2ccc(F)cc2C(N)=S)cc1O. The number of phenols is 1. The van der Waals surface area contributed by atoms with Crippen LogP contribution in [-0.2, 0) is 0 Å². The summed E-state index contributed by atoms with van der Waals surface area (Å²) in [5.41, 5.74) is 7.01. The molecule has 2 aromatic rings. The molecular formula is C15H13FN2O2S. The smallest absolute Gasteiger partial charge is 0.255 e. The van der Waals surface area contributed by atoms with Crippen molar-refractivity contribution in [1.82, 2.24) is 0 Å². The third-order valence-corrected chi connectivity index (χ3v) is 3.19. The van der Waals surface area contributed by atoms with Gasteiger partial charge < -0.3 is 16.2 Å². The van der Waals surface area contributed by atoms with Crippen molar-refractivity contribution in [2.75, 3.05) is 5.32 Å². The Balaban J connectivity index is 2.31. The van der Waals surface area contributed by atoms with E-state index < -0.39 is 11.7 Å². The van der Waals surface area contributed by atoms with Crippen LogP contribution in [0.25, 0.3) is 0 Å². The van der Waals surface area contributed by atoms with Crippen molar-refractivity contribution < 1.29 is 14.3 Å². The average molecular weight is 304 g/mol. The summed E-state index contributed by atoms with van der Waals surface area (Å²) in [7, 11) is 0. The molecule has 4 nitrogen and oxygen atoms in total. The minimum atomic E-state index is -0.497. The highest BCUT2D eigenvalue weighted by molar-refractivity contribution is 7.80. The van der Waals surface area contributed by atoms with E-state index in [4.69, 9.17) is 18.0 Å². The summed E-state index contributed by atoms with van der Waals surface area (Å²) >= 11 is 4.84. The predicted molar refractivity (Wildman–Crippen MR) is 83.1 cm³/mol. The first-order valence-corrected chi connectivity index (χ1v) is 6.49. The zero-order valence-corrected chi connectivity index (χ0v) is 12.0. The number of hydrogen-bond acceptors (Lipinski definition) is 3. The first-order chi connectivity index (χ1) is 9.88. The van der Waals surface area contributed by atoms with Crippen molar-refractivity contribution in [3.05, 3.63) is 58.9 Å². The molecule has 0 bridgehead atoms. The zero-order valence-electron chi connectivity index (χ0n) is 11.2. The molecule has 0 spiro atoms. The maximum Gasteiger partial charge on any atom is 0.255 e. The number of amides is 1. The van der Waals surface area contributed by atoms with Crippen molar-refractivity contribution in [3.63, 3.8) is 0 Å². The minimum absolute atomic E-state index is 0.0171. The summed E-state index contributed by atoms with van der Waals surface area (Å²) < 4.78 is 13.2. The van der Waals surface area contributed by atoms with E-state index >= 15 is 0 Å². The van der Waals surface area contributed by atoms with Crippen LogP contribution in [0.3, 0.4) is 0 Å². The Morgan fingerprint density at radius 3 is 2.62 bits per heavy atom. The van der Waals surface area contributed by atoms with Gasteiger partial charge in [-0.15, -0.1) is 0 Å². The lowest BCUT2D eigenvalue weighted by atomic mass is 10.1. The first-order valence-electron chi connectivity index (χ1n) is 6.09. The molecule has 0 aliphatic carbocycles. The molecule has 0 unspecified atom stereocenters. The monoisotopic (exact) mass is 304 g/mol. The highest BCUT2D eigenvalue weighted by Crippen LogP contribution is 2.21. The zero-order chi connectivity index (χ0) is 15.6. The fraction of sp³-hybridized carbons (Fsp3) is 0.0667. The van der Waals surface area contributed by atoms with E-state index in [-0.39, 0.29) is 21.9 Å². The molecule has 0 saturated carbocycles. The van der Waals surface area contributed by atoms with E-state index in [0.29, 0.717) is 11.3 Å². The van der Waals surface area contributed by atoms with Crippen molar-refractivity contribution >= 4 is 28.8 Å². The molecule has 2 rings (SSSR count). The number of carbonyl (C=O) groups excluding carboxylic acids is 1. The normalized spacial score (nSPS) is 10.2. The van der Waals surface area contributed by atoms with Crippen molar-refractivity contribution in [2.24, 2.45) is 5.73 Å². The second-order valence-electron chi connectivity index (χ2n) is 4.51. The van der Waals surface area contributed by atoms with Gasteiger partial charge in [0.15, 0.2) is 0 Å². The number of nitrogens with one attached hydrogen (secondary N) is 1. The number of carbonyl (C=O) groups is 1. The fourth-order valence-corrected chi connectivity index (χ4v) is 1.94. The Kier molecular flexibility index (Phi) is 4.18. The van der Waals surface area contributed by atoms with Gasteiger partial charge in [-0.2, -0.15) is 0 Å². The van der Waals surface area contributed by atoms with Crippen LogP contribution >= 0.6 is 12.2 Å². The molecule has 0 fully saturated rings. The van der Waals surface area contributed by atoms with Gasteiger partial charge >= 0.3 is 0 Å². The van der Waals surface area contributed by atoms with Crippen LogP contribution in [0.1, 0.15) is 21.5 Å². The molecule has 0 aliphatic heterocycles. The number of aromatic hydroxyl groups is 1. The van der Waals surface area contributed by atoms with Gasteiger partial charge in [-0.1, -0.05) is 18.3 Å². The van der Waals surface area contributed by atoms with Crippen LogP contribution in [0.5, 0.6) is 5.75 Å². The first kappa shape index (κ1) is 14.9. The van der Waals surface area contributed by atoms with E-state index in [0.717, 1.165) is 6.07 Å². The molecule has 0 atom stereocenters. The van der Waals surface area contributed by atoms with E-state index in [1.54, 1.807) is 19.1 Å². The lowest BCUT2D eigenvalue weighted by Gasteiger charge is -2.11. The van der Waals surface area contributed by atoms with Gasteiger partial charge in [0, 0.05) is 11.1 Å². The van der Waals surface area contributed by atoms with Crippen LogP contribution in [0.4, 0.5) is 10.1 Å². The molecule has 6 heteroatoms. The van der Waals surface area contributed by atoms with Gasteiger partial charge in [0.05, 0.1) is 5.69 Å². The van der Waals surface area contributed by atoms with Crippen LogP contribution in [0, 0.1) is 12.7 Å². The Morgan fingerprint density at radius 2 is 2.00 bits per heavy atom. The molecule has 0 heterocycles. The molecule has 4 N–H and O–H groups in total. The third kappa shape index (κ3) is 3.35. The van der Waals surface area contributed by atoms with E-state index in [1.807, 2.05) is 0 Å². The van der Waals surface area contributed by atoms with Gasteiger partial charge in [0.1, 0.15) is 16.6 Å². The predicted octanol–water partition coefficient (Wildman–Crippen LogP) is 2.73. The number of anilines is 1. The largest absolute Gasteiger partial charge is 0.508 e. The maximum atomic E-state index is 13.2. The Bertz CT molecular complexity index is 732. The lowest BCUT2D eigenvalue weighted by molar-refractivity contribution is 0.102. The van der Waals surface area contributed by atoms with Crippen molar-refractivity contribution in [3.8, 4) is 5.75 Å². The Hall–Kier alpha value is -2.47. The quantitative estimate of drug-likeness (QED) is 0.762. The highest BCUT2D eigenvalue weighted by Gasteiger charge is 2.12. The van der Waals surface area contributed by atoms with Gasteiger partial charge in [0.2, 0.25) is 0 Å². The van der Waals surface area contributed by atoms with Crippen LogP contribution in [-0.4, -0.2) is 16.0 Å². The van der Waals surface area contributed by atoms with E-state index in [9.17, 15) is 14.3 Å². The van der Waals surface area contributed by atoms with E-state index in [2.05, 4.69) is 5.32 Å². The molecule has 108 valence electrons. The molecule has 0 aliphatic rings. The molecular weight excluding hydrogens is 291 g/mol. The average Bonchev–Trinajstić information content (AvgIpc) is 2.43. The topological polar surface area (TPSA) is 75.4 Å². The Morgan fingerprint density at radius 1 is 1.29 bits per heavy atom. The fourth-order valence-electron chi connectivity index (χ4n) is 1.77. The summed E-state index contributed by atoms with van der Waals surface area (Å²) in [6, 6.07) is 8.30. The molecule has 2 aromatic carbocycles. The summed E-state index contributed by atoms with van der Waals surface area (Å²) in [5.74, 6) is -0.922. The van der Waals surface area contributed by atoms with Gasteiger partial charge in [-0.3, -0.25) is 4.79 Å². The number of nitrogens with two attached hydrogens (primary N) is 1. The molecule has 1 amide bonds. The minimum Gasteiger partial charge on any atom is -0.508 e. The standard InChI is InChI=1S/C15H13FN2O2S/c1-8-2-3-9(6-13(8)19)15(20)18-12-5-4-10(16)7-11(12)14(17)21/h2-7,19H,1H3,(H2,17,21)(H,18,20). The summed E-state index contributed by atoms with van der Waals surface area (Å²) in [5, 5.41) is 12.2. The van der Waals surface area contributed by atoms with Crippen molar-refractivity contribution in [1.29, 1.82) is 0 Å². The van der Waals surface area contributed by atoms with Crippen LogP contribution in [0.15, 0.2) is 36.4 Å². The van der Waals surface area contributed by atoms with Gasteiger partial charge in [0.25, 0.3) is 5.91 Å². The molecule has 0 aromatic heterocycles. The second-order valence-corrected chi connectivity index (χ2v) is 4.95. The number of thiocarbonyl (C=S) groups is 1. The summed E-state index contributed by atoms with van der Waals surface area (Å²) in [6.45, 7) is 1.72.